The van der Waals surface area contributed by atoms with Crippen molar-refractivity contribution >= 4 is 25.5 Å². The predicted molar refractivity (Wildman–Crippen MR) is 190 cm³/mol. The zero-order valence-electron chi connectivity index (χ0n) is 29.0. The van der Waals surface area contributed by atoms with Crippen LogP contribution in [0.3, 0.4) is 0 Å². The molecule has 49 heavy (non-hydrogen) atoms. The topological polar surface area (TPSA) is 149 Å². The molecule has 3 rings (SSSR count). The quantitative estimate of drug-likeness (QED) is 0.115. The number of nitrogens with zero attached hydrogens (tertiary/aromatic N) is 1. The lowest BCUT2D eigenvalue weighted by Crippen LogP contribution is -2.55. The Bertz CT molecular complexity index is 1430. The van der Waals surface area contributed by atoms with E-state index >= 15 is 0 Å². The van der Waals surface area contributed by atoms with Crippen molar-refractivity contribution in [2.75, 3.05) is 13.6 Å². The SMILES string of the molecule is CC[C@H](N[C@@H](CC(C)C)C(=O)N[C@@H](CCCN)C(=O)N(C)C(=O)OCc1ccccc1)P(=O)(OCc1ccccc1)OCc1ccccc1. The maximum atomic E-state index is 14.6. The maximum absolute atomic E-state index is 14.6. The zero-order valence-corrected chi connectivity index (χ0v) is 29.9. The van der Waals surface area contributed by atoms with E-state index in [1.54, 1.807) is 0 Å². The van der Waals surface area contributed by atoms with Gasteiger partial charge in [0.15, 0.2) is 0 Å². The van der Waals surface area contributed by atoms with Crippen LogP contribution in [0.2, 0.25) is 0 Å². The van der Waals surface area contributed by atoms with Crippen LogP contribution in [0.5, 0.6) is 0 Å². The van der Waals surface area contributed by atoms with Crippen molar-refractivity contribution in [3.05, 3.63) is 108 Å². The molecule has 11 nitrogen and oxygen atoms in total. The van der Waals surface area contributed by atoms with Crippen molar-refractivity contribution in [2.45, 2.75) is 84.1 Å². The highest BCUT2D eigenvalue weighted by molar-refractivity contribution is 7.54. The Kier molecular flexibility index (Phi) is 16.6. The fraction of sp³-hybridized carbons (Fsp3) is 0.432. The predicted octanol–water partition coefficient (Wildman–Crippen LogP) is 6.37. The Labute approximate surface area is 290 Å². The van der Waals surface area contributed by atoms with Gasteiger partial charge in [-0.15, -0.1) is 0 Å². The number of carbonyl (C=O) groups excluding carboxylic acids is 3. The Balaban J connectivity index is 1.79. The summed E-state index contributed by atoms with van der Waals surface area (Å²) in [6, 6.07) is 26.0. The van der Waals surface area contributed by atoms with E-state index in [1.807, 2.05) is 112 Å². The summed E-state index contributed by atoms with van der Waals surface area (Å²) in [5.74, 6) is -1.89. The van der Waals surface area contributed by atoms with E-state index < -0.39 is 43.4 Å². The van der Waals surface area contributed by atoms with E-state index in [9.17, 15) is 18.9 Å². The molecule has 266 valence electrons. The van der Waals surface area contributed by atoms with Crippen LogP contribution in [0.25, 0.3) is 0 Å². The molecule has 0 saturated heterocycles. The summed E-state index contributed by atoms with van der Waals surface area (Å²) < 4.78 is 32.1. The molecule has 0 aliphatic heterocycles. The van der Waals surface area contributed by atoms with Gasteiger partial charge in [0.05, 0.1) is 19.3 Å². The lowest BCUT2D eigenvalue weighted by atomic mass is 10.0. The molecule has 3 amide bonds. The smallest absolute Gasteiger partial charge is 0.416 e. The van der Waals surface area contributed by atoms with Gasteiger partial charge in [-0.1, -0.05) is 112 Å². The first kappa shape index (κ1) is 39.6. The zero-order chi connectivity index (χ0) is 35.6. The van der Waals surface area contributed by atoms with Gasteiger partial charge in [0.1, 0.15) is 18.4 Å². The monoisotopic (exact) mass is 694 g/mol. The van der Waals surface area contributed by atoms with Gasteiger partial charge in [0.2, 0.25) is 5.91 Å². The third kappa shape index (κ3) is 13.2. The molecule has 0 aliphatic carbocycles. The third-order valence-electron chi connectivity index (χ3n) is 7.81. The molecule has 0 heterocycles. The van der Waals surface area contributed by atoms with E-state index in [0.717, 1.165) is 21.6 Å². The van der Waals surface area contributed by atoms with Crippen molar-refractivity contribution in [3.63, 3.8) is 0 Å². The molecule has 3 aromatic carbocycles. The molecule has 0 spiro atoms. The van der Waals surface area contributed by atoms with Crippen molar-refractivity contribution in [1.82, 2.24) is 15.5 Å². The van der Waals surface area contributed by atoms with Crippen LogP contribution < -0.4 is 16.4 Å². The van der Waals surface area contributed by atoms with Crippen molar-refractivity contribution < 1.29 is 32.7 Å². The van der Waals surface area contributed by atoms with Crippen LogP contribution in [0.4, 0.5) is 4.79 Å². The lowest BCUT2D eigenvalue weighted by Gasteiger charge is -2.32. The molecule has 4 N–H and O–H groups in total. The average molecular weight is 695 g/mol. The molecular formula is C37H51N4O7P. The van der Waals surface area contributed by atoms with Gasteiger partial charge in [-0.2, -0.15) is 0 Å². The molecule has 0 aromatic heterocycles. The summed E-state index contributed by atoms with van der Waals surface area (Å²) in [6.45, 7) is 6.16. The van der Waals surface area contributed by atoms with E-state index in [2.05, 4.69) is 10.6 Å². The molecule has 0 unspecified atom stereocenters. The number of benzene rings is 3. The number of hydrogen-bond acceptors (Lipinski definition) is 9. The number of nitrogens with one attached hydrogen (secondary N) is 2. The number of nitrogens with two attached hydrogens (primary N) is 1. The number of rotatable bonds is 20. The van der Waals surface area contributed by atoms with E-state index in [-0.39, 0.29) is 38.7 Å². The standard InChI is InChI=1S/C37H51N4O7P/c1-5-34(49(45,47-26-30-18-11-7-12-19-30)48-27-31-20-13-8-14-21-31)39-33(24-28(2)3)35(42)40-32(22-15-23-38)36(43)41(4)37(44)46-25-29-16-9-6-10-17-29/h6-14,16-21,28,32-34,39H,5,15,22-27,38H2,1-4H3,(H,40,42)/t32-,33-,34+/m0/s1. The second-order valence-corrected chi connectivity index (χ2v) is 14.5. The van der Waals surface area contributed by atoms with Crippen LogP contribution in [-0.4, -0.2) is 54.3 Å². The number of ether oxygens (including phenoxy) is 1. The summed E-state index contributed by atoms with van der Waals surface area (Å²) in [7, 11) is -2.56. The van der Waals surface area contributed by atoms with Crippen LogP contribution in [0, 0.1) is 5.92 Å². The largest absolute Gasteiger partial charge is 0.444 e. The fourth-order valence-electron chi connectivity index (χ4n) is 5.07. The van der Waals surface area contributed by atoms with E-state index in [0.29, 0.717) is 19.3 Å². The summed E-state index contributed by atoms with van der Waals surface area (Å²) >= 11 is 0. The molecule has 3 atom stereocenters. The molecule has 0 radical (unpaired) electrons. The first-order valence-electron chi connectivity index (χ1n) is 16.8. The fourth-order valence-corrected chi connectivity index (χ4v) is 6.98. The van der Waals surface area contributed by atoms with Crippen molar-refractivity contribution in [3.8, 4) is 0 Å². The van der Waals surface area contributed by atoms with Crippen LogP contribution in [0.1, 0.15) is 63.1 Å². The van der Waals surface area contributed by atoms with Gasteiger partial charge < -0.3 is 24.8 Å². The van der Waals surface area contributed by atoms with E-state index in [4.69, 9.17) is 19.5 Å². The minimum absolute atomic E-state index is 0.00531. The Hall–Kier alpha value is -3.86. The number of carbonyl (C=O) groups is 3. The van der Waals surface area contributed by atoms with Gasteiger partial charge >= 0.3 is 13.7 Å². The van der Waals surface area contributed by atoms with Crippen molar-refractivity contribution in [2.24, 2.45) is 11.7 Å². The second kappa shape index (κ2) is 20.6. The minimum atomic E-state index is -3.87. The van der Waals surface area contributed by atoms with Gasteiger partial charge in [0, 0.05) is 7.05 Å². The van der Waals surface area contributed by atoms with E-state index in [1.165, 1.54) is 7.05 Å². The third-order valence-corrected chi connectivity index (χ3v) is 10.1. The first-order chi connectivity index (χ1) is 23.6. The highest BCUT2D eigenvalue weighted by atomic mass is 31.2. The van der Waals surface area contributed by atoms with Gasteiger partial charge in [-0.25, -0.2) is 9.69 Å². The molecule has 0 saturated carbocycles. The number of imide groups is 1. The van der Waals surface area contributed by atoms with Gasteiger partial charge in [0.25, 0.3) is 5.91 Å². The summed E-state index contributed by atoms with van der Waals surface area (Å²) in [5.41, 5.74) is 8.18. The van der Waals surface area contributed by atoms with Crippen LogP contribution in [0.15, 0.2) is 91.0 Å². The first-order valence-corrected chi connectivity index (χ1v) is 18.4. The molecule has 3 aromatic rings. The number of likely N-dealkylation sites (N-methyl/N-ethyl adjacent to an activating group) is 1. The molecular weight excluding hydrogens is 643 g/mol. The van der Waals surface area contributed by atoms with Crippen LogP contribution >= 0.6 is 7.60 Å². The van der Waals surface area contributed by atoms with Gasteiger partial charge in [-0.3, -0.25) is 19.5 Å². The molecule has 0 bridgehead atoms. The normalized spacial score (nSPS) is 13.3. The average Bonchev–Trinajstić information content (AvgIpc) is 3.12. The van der Waals surface area contributed by atoms with Gasteiger partial charge in [-0.05, 0) is 54.8 Å². The van der Waals surface area contributed by atoms with Crippen LogP contribution in [-0.2, 0) is 47.8 Å². The highest BCUT2D eigenvalue weighted by Gasteiger charge is 2.39. The number of hydrogen-bond donors (Lipinski definition) is 3. The maximum Gasteiger partial charge on any atom is 0.416 e. The molecule has 12 heteroatoms. The summed E-state index contributed by atoms with van der Waals surface area (Å²) in [5, 5.41) is 6.11. The molecule has 0 aliphatic rings. The Morgan fingerprint density at radius 1 is 0.796 bits per heavy atom. The Morgan fingerprint density at radius 2 is 1.29 bits per heavy atom. The van der Waals surface area contributed by atoms with Crippen molar-refractivity contribution in [1.29, 1.82) is 0 Å². The molecule has 0 fully saturated rings. The minimum Gasteiger partial charge on any atom is -0.444 e. The lowest BCUT2D eigenvalue weighted by molar-refractivity contribution is -0.135. The second-order valence-electron chi connectivity index (χ2n) is 12.3. The summed E-state index contributed by atoms with van der Waals surface area (Å²) in [4.78, 5) is 41.1. The summed E-state index contributed by atoms with van der Waals surface area (Å²) in [6.07, 6.45) is 0.498. The highest BCUT2D eigenvalue weighted by Crippen LogP contribution is 2.54. The Morgan fingerprint density at radius 3 is 1.73 bits per heavy atom. The number of amides is 3.